The highest BCUT2D eigenvalue weighted by atomic mass is 79.9. The topological polar surface area (TPSA) is 53.0 Å². The highest BCUT2D eigenvalue weighted by Crippen LogP contribution is 2.35. The van der Waals surface area contributed by atoms with Crippen LogP contribution in [0.3, 0.4) is 0 Å². The predicted octanol–water partition coefficient (Wildman–Crippen LogP) is 5.47. The third-order valence-electron chi connectivity index (χ3n) is 3.03. The molecule has 3 nitrogen and oxygen atoms in total. The Morgan fingerprint density at radius 2 is 1.75 bits per heavy atom. The summed E-state index contributed by atoms with van der Waals surface area (Å²) in [6.07, 6.45) is -4.79. The number of hydrogen-bond donors (Lipinski definition) is 2. The minimum atomic E-state index is -4.79. The van der Waals surface area contributed by atoms with Gasteiger partial charge < -0.3 is 5.32 Å². The van der Waals surface area contributed by atoms with Gasteiger partial charge in [0, 0.05) is 0 Å². The fourth-order valence-electron chi connectivity index (χ4n) is 2.03. The number of anilines is 1. The Hall–Kier alpha value is -1.93. The van der Waals surface area contributed by atoms with Crippen molar-refractivity contribution >= 4 is 43.7 Å². The van der Waals surface area contributed by atoms with Gasteiger partial charge in [0.2, 0.25) is 0 Å². The van der Waals surface area contributed by atoms with E-state index in [4.69, 9.17) is 17.0 Å². The van der Waals surface area contributed by atoms with Crippen LogP contribution in [-0.2, 0) is 6.18 Å². The van der Waals surface area contributed by atoms with Gasteiger partial charge in [0.1, 0.15) is 10.4 Å². The van der Waals surface area contributed by atoms with Gasteiger partial charge in [-0.1, -0.05) is 23.7 Å². The lowest BCUT2D eigenvalue weighted by atomic mass is 10.1. The molecule has 0 aromatic heterocycles. The molecular weight excluding hydrogens is 416 g/mol. The maximum atomic E-state index is 13.8. The molecule has 2 rings (SSSR count). The first-order chi connectivity index (χ1) is 11.1. The van der Waals surface area contributed by atoms with Crippen molar-refractivity contribution in [2.24, 2.45) is 0 Å². The van der Waals surface area contributed by atoms with Crippen LogP contribution in [0.1, 0.15) is 21.5 Å². The fourth-order valence-corrected chi connectivity index (χ4v) is 2.69. The Morgan fingerprint density at radius 3 is 2.33 bits per heavy atom. The molecule has 0 unspecified atom stereocenters. The van der Waals surface area contributed by atoms with Crippen molar-refractivity contribution in [3.8, 4) is 0 Å². The van der Waals surface area contributed by atoms with Gasteiger partial charge in [-0.05, 0) is 40.2 Å². The van der Waals surface area contributed by atoms with E-state index in [9.17, 15) is 22.4 Å². The largest absolute Gasteiger partial charge is 0.417 e. The maximum Gasteiger partial charge on any atom is 0.417 e. The van der Waals surface area contributed by atoms with Gasteiger partial charge in [0.15, 0.2) is 0 Å². The predicted molar refractivity (Wildman–Crippen MR) is 86.6 cm³/mol. The molecule has 2 aromatic rings. The zero-order valence-electron chi connectivity index (χ0n) is 11.6. The van der Waals surface area contributed by atoms with Crippen LogP contribution in [0, 0.1) is 11.2 Å². The van der Waals surface area contributed by atoms with Crippen molar-refractivity contribution in [1.29, 1.82) is 5.41 Å². The first kappa shape index (κ1) is 18.4. The van der Waals surface area contributed by atoms with Gasteiger partial charge in [0.05, 0.1) is 27.4 Å². The number of halogens is 6. The average Bonchev–Trinajstić information content (AvgIpc) is 2.45. The first-order valence-electron chi connectivity index (χ1n) is 6.33. The molecule has 0 saturated heterocycles. The van der Waals surface area contributed by atoms with Gasteiger partial charge in [-0.3, -0.25) is 10.2 Å². The lowest BCUT2D eigenvalue weighted by Gasteiger charge is -2.15. The molecule has 0 aliphatic carbocycles. The van der Waals surface area contributed by atoms with Crippen molar-refractivity contribution in [1.82, 2.24) is 0 Å². The Morgan fingerprint density at radius 1 is 1.12 bits per heavy atom. The maximum absolute atomic E-state index is 13.8. The number of hydrogen-bond acceptors (Lipinski definition) is 2. The molecule has 0 saturated carbocycles. The summed E-state index contributed by atoms with van der Waals surface area (Å²) in [7, 11) is 0. The average molecular weight is 424 g/mol. The third-order valence-corrected chi connectivity index (χ3v) is 3.74. The molecule has 0 aliphatic rings. The Bertz CT molecular complexity index is 824. The summed E-state index contributed by atoms with van der Waals surface area (Å²) in [5.41, 5.74) is -2.43. The van der Waals surface area contributed by atoms with E-state index in [1.54, 1.807) is 0 Å². The summed E-state index contributed by atoms with van der Waals surface area (Å²) < 4.78 is 52.6. The highest BCUT2D eigenvalue weighted by Gasteiger charge is 2.36. The van der Waals surface area contributed by atoms with Gasteiger partial charge >= 0.3 is 6.18 Å². The van der Waals surface area contributed by atoms with Gasteiger partial charge in [-0.15, -0.1) is 0 Å². The lowest BCUT2D eigenvalue weighted by molar-refractivity contribution is -0.137. The molecule has 2 aromatic carbocycles. The number of carbonyl (C=O) groups excluding carboxylic acids is 1. The van der Waals surface area contributed by atoms with Crippen molar-refractivity contribution in [3.05, 3.63) is 63.9 Å². The van der Waals surface area contributed by atoms with E-state index in [-0.39, 0.29) is 15.9 Å². The first-order valence-corrected chi connectivity index (χ1v) is 7.50. The van der Waals surface area contributed by atoms with E-state index < -0.39 is 34.1 Å². The van der Waals surface area contributed by atoms with Crippen LogP contribution in [0.25, 0.3) is 0 Å². The van der Waals surface area contributed by atoms with Crippen LogP contribution in [0.5, 0.6) is 0 Å². The number of alkyl halides is 3. The summed E-state index contributed by atoms with van der Waals surface area (Å²) >= 11 is 8.52. The van der Waals surface area contributed by atoms with Crippen LogP contribution in [0.4, 0.5) is 23.2 Å². The van der Waals surface area contributed by atoms with Gasteiger partial charge in [-0.2, -0.15) is 13.2 Å². The molecule has 9 heteroatoms. The lowest BCUT2D eigenvalue weighted by Crippen LogP contribution is -2.20. The summed E-state index contributed by atoms with van der Waals surface area (Å²) in [5.74, 6) is -1.97. The highest BCUT2D eigenvalue weighted by molar-refractivity contribution is 9.18. The van der Waals surface area contributed by atoms with Crippen LogP contribution in [0.15, 0.2) is 36.4 Å². The number of benzene rings is 2. The van der Waals surface area contributed by atoms with Crippen molar-refractivity contribution in [2.75, 3.05) is 5.32 Å². The van der Waals surface area contributed by atoms with E-state index in [1.165, 1.54) is 12.1 Å². The molecule has 0 fully saturated rings. The van der Waals surface area contributed by atoms with Crippen LogP contribution < -0.4 is 5.32 Å². The molecule has 0 aliphatic heterocycles. The van der Waals surface area contributed by atoms with E-state index in [1.807, 2.05) is 0 Å². The molecule has 0 atom stereocenters. The Balaban J connectivity index is 2.50. The normalized spacial score (nSPS) is 11.2. The standard InChI is InChI=1S/C15H8BrClF4N2O/c16-13(22)12-9(18)5-2-6-10(12)23-14(24)11-7(15(19,20)21)3-1-4-8(11)17/h1-6,22H,(H,23,24). The van der Waals surface area contributed by atoms with Crippen molar-refractivity contribution < 1.29 is 22.4 Å². The van der Waals surface area contributed by atoms with Crippen LogP contribution in [-0.4, -0.2) is 10.5 Å². The second-order valence-corrected chi connectivity index (χ2v) is 5.79. The minimum Gasteiger partial charge on any atom is -0.321 e. The number of amides is 1. The number of carbonyl (C=O) groups is 1. The van der Waals surface area contributed by atoms with E-state index >= 15 is 0 Å². The van der Waals surface area contributed by atoms with E-state index in [2.05, 4.69) is 21.2 Å². The zero-order chi connectivity index (χ0) is 18.1. The van der Waals surface area contributed by atoms with E-state index in [0.29, 0.717) is 0 Å². The SMILES string of the molecule is N=C(Br)c1c(F)cccc1NC(=O)c1c(Cl)cccc1C(F)(F)F. The Kier molecular flexibility index (Phi) is 5.29. The number of rotatable bonds is 3. The summed E-state index contributed by atoms with van der Waals surface area (Å²) in [5, 5.41) is 9.24. The molecule has 0 heterocycles. The number of nitrogens with one attached hydrogen (secondary N) is 2. The summed E-state index contributed by atoms with van der Waals surface area (Å²) in [4.78, 5) is 12.3. The van der Waals surface area contributed by atoms with Crippen LogP contribution >= 0.6 is 27.5 Å². The molecule has 1 amide bonds. The molecule has 0 bridgehead atoms. The molecule has 126 valence electrons. The molecular formula is C15H8BrClF4N2O. The third kappa shape index (κ3) is 3.76. The quantitative estimate of drug-likeness (QED) is 0.499. The summed E-state index contributed by atoms with van der Waals surface area (Å²) in [6, 6.07) is 6.50. The monoisotopic (exact) mass is 422 g/mol. The summed E-state index contributed by atoms with van der Waals surface area (Å²) in [6.45, 7) is 0. The smallest absolute Gasteiger partial charge is 0.321 e. The second-order valence-electron chi connectivity index (χ2n) is 4.59. The van der Waals surface area contributed by atoms with Crippen molar-refractivity contribution in [3.63, 3.8) is 0 Å². The second kappa shape index (κ2) is 6.90. The minimum absolute atomic E-state index is 0.157. The fraction of sp³-hybridized carbons (Fsp3) is 0.0667. The van der Waals surface area contributed by atoms with Gasteiger partial charge in [-0.25, -0.2) is 4.39 Å². The van der Waals surface area contributed by atoms with Crippen LogP contribution in [0.2, 0.25) is 5.02 Å². The Labute approximate surface area is 147 Å². The molecule has 24 heavy (non-hydrogen) atoms. The molecule has 2 N–H and O–H groups in total. The molecule has 0 spiro atoms. The van der Waals surface area contributed by atoms with Crippen molar-refractivity contribution in [2.45, 2.75) is 6.18 Å². The van der Waals surface area contributed by atoms with Gasteiger partial charge in [0.25, 0.3) is 5.91 Å². The zero-order valence-corrected chi connectivity index (χ0v) is 14.0. The van der Waals surface area contributed by atoms with E-state index in [0.717, 1.165) is 24.3 Å². The molecule has 0 radical (unpaired) electrons.